The Labute approximate surface area is 143 Å². The van der Waals surface area contributed by atoms with E-state index in [9.17, 15) is 4.79 Å². The summed E-state index contributed by atoms with van der Waals surface area (Å²) >= 11 is 1.40. The fourth-order valence-corrected chi connectivity index (χ4v) is 3.70. The predicted octanol–water partition coefficient (Wildman–Crippen LogP) is 2.27. The second kappa shape index (κ2) is 6.78. The lowest BCUT2D eigenvalue weighted by atomic mass is 10.2. The molecule has 1 aliphatic rings. The second-order valence-electron chi connectivity index (χ2n) is 5.80. The number of rotatable bonds is 5. The average Bonchev–Trinajstić information content (AvgIpc) is 3.27. The SMILES string of the molecule is O=C(CSc1nnc2ccc3ccccc3n12)NC[C@@H]1CCCO1. The van der Waals surface area contributed by atoms with Crippen LogP contribution < -0.4 is 5.32 Å². The molecule has 1 amide bonds. The van der Waals surface area contributed by atoms with Gasteiger partial charge in [-0.25, -0.2) is 0 Å². The van der Waals surface area contributed by atoms with Crippen LogP contribution >= 0.6 is 11.8 Å². The maximum Gasteiger partial charge on any atom is 0.230 e. The Hall–Kier alpha value is -2.12. The van der Waals surface area contributed by atoms with Crippen LogP contribution in [0.25, 0.3) is 16.6 Å². The van der Waals surface area contributed by atoms with Gasteiger partial charge in [0.2, 0.25) is 5.91 Å². The number of fused-ring (bicyclic) bond motifs is 3. The minimum Gasteiger partial charge on any atom is -0.376 e. The number of amides is 1. The van der Waals surface area contributed by atoms with Crippen LogP contribution in [0.2, 0.25) is 0 Å². The van der Waals surface area contributed by atoms with Gasteiger partial charge in [0, 0.05) is 13.2 Å². The molecule has 4 rings (SSSR count). The summed E-state index contributed by atoms with van der Waals surface area (Å²) in [4.78, 5) is 12.0. The molecule has 0 bridgehead atoms. The molecule has 1 aliphatic heterocycles. The van der Waals surface area contributed by atoms with Crippen LogP contribution in [0.4, 0.5) is 0 Å². The molecule has 6 nitrogen and oxygen atoms in total. The zero-order chi connectivity index (χ0) is 16.4. The van der Waals surface area contributed by atoms with Gasteiger partial charge in [-0.2, -0.15) is 0 Å². The molecular formula is C17H18N4O2S. The van der Waals surface area contributed by atoms with Gasteiger partial charge in [0.1, 0.15) is 0 Å². The largest absolute Gasteiger partial charge is 0.376 e. The van der Waals surface area contributed by atoms with Gasteiger partial charge in [-0.05, 0) is 36.4 Å². The second-order valence-corrected chi connectivity index (χ2v) is 6.74. The van der Waals surface area contributed by atoms with Gasteiger partial charge in [0.05, 0.1) is 17.4 Å². The van der Waals surface area contributed by atoms with Gasteiger partial charge in [-0.3, -0.25) is 9.20 Å². The van der Waals surface area contributed by atoms with Gasteiger partial charge < -0.3 is 10.1 Å². The molecular weight excluding hydrogens is 324 g/mol. The first-order valence-electron chi connectivity index (χ1n) is 8.05. The Morgan fingerprint density at radius 3 is 3.08 bits per heavy atom. The summed E-state index contributed by atoms with van der Waals surface area (Å²) in [7, 11) is 0. The van der Waals surface area contributed by atoms with Gasteiger partial charge in [0.25, 0.3) is 0 Å². The van der Waals surface area contributed by atoms with E-state index in [0.29, 0.717) is 12.3 Å². The van der Waals surface area contributed by atoms with E-state index < -0.39 is 0 Å². The number of pyridine rings is 1. The van der Waals surface area contributed by atoms with Crippen molar-refractivity contribution in [3.05, 3.63) is 36.4 Å². The lowest BCUT2D eigenvalue weighted by Gasteiger charge is -2.10. The Balaban J connectivity index is 1.46. The van der Waals surface area contributed by atoms with Crippen molar-refractivity contribution in [1.82, 2.24) is 19.9 Å². The van der Waals surface area contributed by atoms with Crippen LogP contribution in [0, 0.1) is 0 Å². The van der Waals surface area contributed by atoms with Crippen molar-refractivity contribution in [2.24, 2.45) is 0 Å². The fraction of sp³-hybridized carbons (Fsp3) is 0.353. The van der Waals surface area contributed by atoms with Crippen LogP contribution in [-0.4, -0.2) is 45.5 Å². The standard InChI is InChI=1S/C17H18N4O2S/c22-16(18-10-13-5-3-9-23-13)11-24-17-20-19-15-8-7-12-4-1-2-6-14(12)21(15)17/h1-2,4,6-8,13H,3,5,9-11H2,(H,18,22)/t13-/m0/s1. The number of hydrogen-bond donors (Lipinski definition) is 1. The van der Waals surface area contributed by atoms with E-state index in [1.165, 1.54) is 11.8 Å². The number of para-hydroxylation sites is 1. The van der Waals surface area contributed by atoms with E-state index in [1.54, 1.807) is 0 Å². The summed E-state index contributed by atoms with van der Waals surface area (Å²) in [6.45, 7) is 1.39. The molecule has 1 saturated heterocycles. The van der Waals surface area contributed by atoms with E-state index in [1.807, 2.05) is 34.7 Å². The molecule has 1 aromatic carbocycles. The van der Waals surface area contributed by atoms with E-state index >= 15 is 0 Å². The van der Waals surface area contributed by atoms with Crippen molar-refractivity contribution in [2.45, 2.75) is 24.1 Å². The summed E-state index contributed by atoms with van der Waals surface area (Å²) in [5.74, 6) is 0.309. The summed E-state index contributed by atoms with van der Waals surface area (Å²) in [5, 5.41) is 13.2. The lowest BCUT2D eigenvalue weighted by molar-refractivity contribution is -0.119. The Morgan fingerprint density at radius 1 is 1.29 bits per heavy atom. The Kier molecular flexibility index (Phi) is 4.36. The first kappa shape index (κ1) is 15.4. The highest BCUT2D eigenvalue weighted by atomic mass is 32.2. The van der Waals surface area contributed by atoms with E-state index in [-0.39, 0.29) is 12.0 Å². The molecule has 0 spiro atoms. The summed E-state index contributed by atoms with van der Waals surface area (Å²) in [6, 6.07) is 12.1. The van der Waals surface area contributed by atoms with Gasteiger partial charge in [-0.1, -0.05) is 30.0 Å². The van der Waals surface area contributed by atoms with Crippen molar-refractivity contribution in [3.8, 4) is 0 Å². The smallest absolute Gasteiger partial charge is 0.230 e. The monoisotopic (exact) mass is 342 g/mol. The molecule has 0 radical (unpaired) electrons. The molecule has 2 aromatic heterocycles. The van der Waals surface area contributed by atoms with Gasteiger partial charge in [-0.15, -0.1) is 10.2 Å². The molecule has 0 aliphatic carbocycles. The highest BCUT2D eigenvalue weighted by Crippen LogP contribution is 2.23. The van der Waals surface area contributed by atoms with Gasteiger partial charge in [0.15, 0.2) is 10.8 Å². The highest BCUT2D eigenvalue weighted by molar-refractivity contribution is 7.99. The molecule has 3 aromatic rings. The summed E-state index contributed by atoms with van der Waals surface area (Å²) < 4.78 is 7.51. The van der Waals surface area contributed by atoms with Crippen molar-refractivity contribution in [3.63, 3.8) is 0 Å². The quantitative estimate of drug-likeness (QED) is 0.721. The third-order valence-corrected chi connectivity index (χ3v) is 5.06. The number of ether oxygens (including phenoxy) is 1. The fourth-order valence-electron chi connectivity index (χ4n) is 2.92. The Bertz CT molecular complexity index is 873. The molecule has 1 atom stereocenters. The van der Waals surface area contributed by atoms with E-state index in [2.05, 4.69) is 21.6 Å². The normalized spacial score (nSPS) is 17.6. The summed E-state index contributed by atoms with van der Waals surface area (Å²) in [6.07, 6.45) is 2.26. The summed E-state index contributed by atoms with van der Waals surface area (Å²) in [5.41, 5.74) is 1.83. The average molecular weight is 342 g/mol. The zero-order valence-electron chi connectivity index (χ0n) is 13.1. The number of nitrogens with zero attached hydrogens (tertiary/aromatic N) is 3. The minimum atomic E-state index is -0.00696. The third kappa shape index (κ3) is 3.09. The molecule has 0 saturated carbocycles. The maximum absolute atomic E-state index is 12.0. The number of carbonyl (C=O) groups is 1. The number of benzene rings is 1. The highest BCUT2D eigenvalue weighted by Gasteiger charge is 2.17. The molecule has 7 heteroatoms. The van der Waals surface area contributed by atoms with Gasteiger partial charge >= 0.3 is 0 Å². The first-order chi connectivity index (χ1) is 11.8. The number of hydrogen-bond acceptors (Lipinski definition) is 5. The molecule has 0 unspecified atom stereocenters. The van der Waals surface area contributed by atoms with Crippen molar-refractivity contribution in [2.75, 3.05) is 18.9 Å². The van der Waals surface area contributed by atoms with Crippen LogP contribution in [-0.2, 0) is 9.53 Å². The maximum atomic E-state index is 12.0. The van der Waals surface area contributed by atoms with Crippen LogP contribution in [0.15, 0.2) is 41.6 Å². The molecule has 3 heterocycles. The molecule has 124 valence electrons. The lowest BCUT2D eigenvalue weighted by Crippen LogP contribution is -2.32. The van der Waals surface area contributed by atoms with Crippen molar-refractivity contribution in [1.29, 1.82) is 0 Å². The topological polar surface area (TPSA) is 68.5 Å². The molecule has 24 heavy (non-hydrogen) atoms. The number of thioether (sulfide) groups is 1. The van der Waals surface area contributed by atoms with E-state index in [4.69, 9.17) is 4.74 Å². The molecule has 1 N–H and O–H groups in total. The van der Waals surface area contributed by atoms with Crippen molar-refractivity contribution >= 4 is 34.2 Å². The van der Waals surface area contributed by atoms with Crippen LogP contribution in [0.1, 0.15) is 12.8 Å². The van der Waals surface area contributed by atoms with Crippen LogP contribution in [0.3, 0.4) is 0 Å². The number of nitrogens with one attached hydrogen (secondary N) is 1. The number of aromatic nitrogens is 3. The number of carbonyl (C=O) groups excluding carboxylic acids is 1. The molecule has 1 fully saturated rings. The van der Waals surface area contributed by atoms with Crippen molar-refractivity contribution < 1.29 is 9.53 Å². The third-order valence-electron chi connectivity index (χ3n) is 4.13. The predicted molar refractivity (Wildman–Crippen MR) is 93.2 cm³/mol. The van der Waals surface area contributed by atoms with Crippen LogP contribution in [0.5, 0.6) is 0 Å². The first-order valence-corrected chi connectivity index (χ1v) is 9.04. The minimum absolute atomic E-state index is 0.00696. The van der Waals surface area contributed by atoms with E-state index in [0.717, 1.165) is 41.2 Å². The zero-order valence-corrected chi connectivity index (χ0v) is 14.0. The Morgan fingerprint density at radius 2 is 2.21 bits per heavy atom.